The third-order valence-electron chi connectivity index (χ3n) is 7.80. The molecule has 2 atom stereocenters. The highest BCUT2D eigenvalue weighted by atomic mass is 16.2. The first-order chi connectivity index (χ1) is 16.6. The molecule has 7 heteroatoms. The number of hydrogen-bond acceptors (Lipinski definition) is 5. The first kappa shape index (κ1) is 21.1. The molecule has 34 heavy (non-hydrogen) atoms. The van der Waals surface area contributed by atoms with Crippen LogP contribution in [0.1, 0.15) is 62.1 Å². The summed E-state index contributed by atoms with van der Waals surface area (Å²) in [6, 6.07) is 14.7. The molecule has 2 aliphatic rings. The van der Waals surface area contributed by atoms with Gasteiger partial charge in [0.05, 0.1) is 5.52 Å². The van der Waals surface area contributed by atoms with Gasteiger partial charge in [-0.25, -0.2) is 14.5 Å². The van der Waals surface area contributed by atoms with Crippen LogP contribution in [0.4, 0.5) is 11.6 Å². The molecule has 0 aliphatic heterocycles. The van der Waals surface area contributed by atoms with E-state index in [4.69, 9.17) is 10.7 Å². The zero-order valence-electron chi connectivity index (χ0n) is 19.3. The molecule has 0 radical (unpaired) electrons. The van der Waals surface area contributed by atoms with Crippen LogP contribution in [-0.2, 0) is 11.2 Å². The van der Waals surface area contributed by atoms with Crippen molar-refractivity contribution in [3.8, 4) is 0 Å². The van der Waals surface area contributed by atoms with Crippen molar-refractivity contribution >= 4 is 34.0 Å². The van der Waals surface area contributed by atoms with Gasteiger partial charge in [0, 0.05) is 22.9 Å². The molecule has 3 N–H and O–H groups in total. The first-order valence-electron chi connectivity index (χ1n) is 12.4. The van der Waals surface area contributed by atoms with E-state index >= 15 is 0 Å². The molecule has 2 unspecified atom stereocenters. The van der Waals surface area contributed by atoms with E-state index in [0.717, 1.165) is 42.1 Å². The van der Waals surface area contributed by atoms with Gasteiger partial charge >= 0.3 is 0 Å². The fourth-order valence-corrected chi connectivity index (χ4v) is 5.55. The smallest absolute Gasteiger partial charge is 0.228 e. The predicted molar refractivity (Wildman–Crippen MR) is 134 cm³/mol. The van der Waals surface area contributed by atoms with E-state index in [1.807, 2.05) is 22.7 Å². The number of amides is 1. The molecular formula is C27H30N6O. The molecule has 3 aromatic heterocycles. The average Bonchev–Trinajstić information content (AvgIpc) is 3.44. The lowest BCUT2D eigenvalue weighted by Gasteiger charge is -2.23. The Hall–Kier alpha value is -3.48. The maximum Gasteiger partial charge on any atom is 0.228 e. The van der Waals surface area contributed by atoms with Crippen molar-refractivity contribution in [1.29, 1.82) is 0 Å². The molecule has 0 saturated heterocycles. The lowest BCUT2D eigenvalue weighted by Crippen LogP contribution is -2.28. The number of hydrogen-bond donors (Lipinski definition) is 2. The van der Waals surface area contributed by atoms with Crippen molar-refractivity contribution in [2.75, 3.05) is 11.1 Å². The Bertz CT molecular complexity index is 1360. The zero-order valence-corrected chi connectivity index (χ0v) is 19.3. The third kappa shape index (κ3) is 4.00. The number of aromatic nitrogens is 4. The Morgan fingerprint density at radius 1 is 1.09 bits per heavy atom. The number of pyridine rings is 1. The number of anilines is 2. The van der Waals surface area contributed by atoms with Crippen LogP contribution >= 0.6 is 0 Å². The minimum atomic E-state index is 0.106. The molecule has 1 amide bonds. The second kappa shape index (κ2) is 8.70. The summed E-state index contributed by atoms with van der Waals surface area (Å²) in [6.07, 6.45) is 10.5. The molecule has 2 saturated carbocycles. The first-order valence-corrected chi connectivity index (χ1v) is 12.4. The largest absolute Gasteiger partial charge is 0.382 e. The highest BCUT2D eigenvalue weighted by Gasteiger charge is 2.28. The molecule has 3 heterocycles. The summed E-state index contributed by atoms with van der Waals surface area (Å²) >= 11 is 0. The van der Waals surface area contributed by atoms with Crippen molar-refractivity contribution in [1.82, 2.24) is 19.6 Å². The Morgan fingerprint density at radius 3 is 2.82 bits per heavy atom. The quantitative estimate of drug-likeness (QED) is 0.422. The van der Waals surface area contributed by atoms with E-state index in [1.165, 1.54) is 43.3 Å². The van der Waals surface area contributed by atoms with Crippen LogP contribution in [-0.4, -0.2) is 25.5 Å². The predicted octanol–water partition coefficient (Wildman–Crippen LogP) is 5.11. The number of carbonyl (C=O) groups is 1. The van der Waals surface area contributed by atoms with Gasteiger partial charge in [-0.3, -0.25) is 4.79 Å². The molecule has 4 aromatic rings. The number of rotatable bonds is 6. The second-order valence-electron chi connectivity index (χ2n) is 9.96. The average molecular weight is 455 g/mol. The third-order valence-corrected chi connectivity index (χ3v) is 7.80. The van der Waals surface area contributed by atoms with Gasteiger partial charge in [-0.1, -0.05) is 18.6 Å². The van der Waals surface area contributed by atoms with E-state index < -0.39 is 0 Å². The lowest BCUT2D eigenvalue weighted by molar-refractivity contribution is -0.122. The molecule has 7 nitrogen and oxygen atoms in total. The summed E-state index contributed by atoms with van der Waals surface area (Å²) < 4.78 is 1.96. The van der Waals surface area contributed by atoms with Gasteiger partial charge in [0.25, 0.3) is 0 Å². The Kier molecular flexibility index (Phi) is 5.40. The lowest BCUT2D eigenvalue weighted by atomic mass is 9.85. The number of nitrogens with one attached hydrogen (secondary N) is 1. The summed E-state index contributed by atoms with van der Waals surface area (Å²) in [4.78, 5) is 21.1. The Labute approximate surface area is 198 Å². The van der Waals surface area contributed by atoms with Gasteiger partial charge in [-0.05, 0) is 86.8 Å². The topological polar surface area (TPSA) is 98.2 Å². The number of nitrogen functional groups attached to an aromatic ring is 1. The van der Waals surface area contributed by atoms with Crippen LogP contribution in [0.2, 0.25) is 0 Å². The van der Waals surface area contributed by atoms with Crippen molar-refractivity contribution in [2.45, 2.75) is 57.3 Å². The van der Waals surface area contributed by atoms with Gasteiger partial charge in [0.1, 0.15) is 17.7 Å². The van der Waals surface area contributed by atoms with Crippen LogP contribution in [0.15, 0.2) is 48.8 Å². The Morgan fingerprint density at radius 2 is 1.97 bits per heavy atom. The maximum atomic E-state index is 12.3. The molecular weight excluding hydrogens is 424 g/mol. The van der Waals surface area contributed by atoms with Gasteiger partial charge in [-0.15, -0.1) is 0 Å². The normalized spacial score (nSPS) is 20.6. The number of aryl methyl sites for hydroxylation is 1. The van der Waals surface area contributed by atoms with Crippen LogP contribution in [0.5, 0.6) is 0 Å². The summed E-state index contributed by atoms with van der Waals surface area (Å²) in [5, 5.41) is 8.53. The Balaban J connectivity index is 1.10. The van der Waals surface area contributed by atoms with Crippen molar-refractivity contribution in [3.05, 3.63) is 60.0 Å². The van der Waals surface area contributed by atoms with Crippen LogP contribution in [0, 0.1) is 11.8 Å². The molecule has 2 aliphatic carbocycles. The molecule has 0 spiro atoms. The van der Waals surface area contributed by atoms with Gasteiger partial charge in [-0.2, -0.15) is 5.10 Å². The number of benzene rings is 1. The van der Waals surface area contributed by atoms with Gasteiger partial charge in [0.2, 0.25) is 5.91 Å². The van der Waals surface area contributed by atoms with Crippen LogP contribution in [0.25, 0.3) is 16.4 Å². The summed E-state index contributed by atoms with van der Waals surface area (Å²) in [7, 11) is 0. The highest BCUT2D eigenvalue weighted by Crippen LogP contribution is 2.41. The number of nitrogens with two attached hydrogens (primary N) is 1. The minimum absolute atomic E-state index is 0.106. The van der Waals surface area contributed by atoms with E-state index in [-0.39, 0.29) is 11.8 Å². The van der Waals surface area contributed by atoms with E-state index in [1.54, 1.807) is 0 Å². The second-order valence-corrected chi connectivity index (χ2v) is 9.96. The van der Waals surface area contributed by atoms with E-state index in [2.05, 4.69) is 39.7 Å². The fraction of sp³-hybridized carbons (Fsp3) is 0.407. The molecule has 1 aromatic carbocycles. The summed E-state index contributed by atoms with van der Waals surface area (Å²) in [5.41, 5.74) is 10.4. The molecule has 174 valence electrons. The SMILES string of the molecule is Nc1ncnn2c(C3CCC(CCc4ccc5ccc(NC(=O)C6CCC6)nc5c4)C3)ccc12. The highest BCUT2D eigenvalue weighted by molar-refractivity contribution is 5.93. The zero-order chi connectivity index (χ0) is 23.1. The van der Waals surface area contributed by atoms with Crippen LogP contribution in [0.3, 0.4) is 0 Å². The van der Waals surface area contributed by atoms with Crippen molar-refractivity contribution in [2.24, 2.45) is 11.8 Å². The minimum Gasteiger partial charge on any atom is -0.382 e. The standard InChI is InChI=1S/C27H30N6O/c28-26-24-12-11-23(33(24)30-16-29-26)21-9-7-17(14-21)4-5-18-6-8-19-10-13-25(31-22(19)15-18)32-27(34)20-2-1-3-20/h6,8,10-13,15-17,20-21H,1-5,7,9,14H2,(H2,28,29,30)(H,31,32,34). The number of fused-ring (bicyclic) bond motifs is 2. The summed E-state index contributed by atoms with van der Waals surface area (Å²) in [5.74, 6) is 2.67. The number of nitrogens with zero attached hydrogens (tertiary/aromatic N) is 4. The van der Waals surface area contributed by atoms with Gasteiger partial charge in [0.15, 0.2) is 5.82 Å². The maximum absolute atomic E-state index is 12.3. The van der Waals surface area contributed by atoms with Crippen LogP contribution < -0.4 is 11.1 Å². The number of carbonyl (C=O) groups excluding carboxylic acids is 1. The van der Waals surface area contributed by atoms with E-state index in [9.17, 15) is 4.79 Å². The monoisotopic (exact) mass is 454 g/mol. The molecule has 0 bridgehead atoms. The molecule has 6 rings (SSSR count). The summed E-state index contributed by atoms with van der Waals surface area (Å²) in [6.45, 7) is 0. The van der Waals surface area contributed by atoms with E-state index in [0.29, 0.717) is 23.5 Å². The van der Waals surface area contributed by atoms with Gasteiger partial charge < -0.3 is 11.1 Å². The fourth-order valence-electron chi connectivity index (χ4n) is 5.55. The van der Waals surface area contributed by atoms with Crippen molar-refractivity contribution in [3.63, 3.8) is 0 Å². The van der Waals surface area contributed by atoms with Crippen molar-refractivity contribution < 1.29 is 4.79 Å². The molecule has 2 fully saturated rings.